The standard InChI is InChI=1S/C15H16Cl2N4O4/c1-23-8-13-19-14(20-25-13)12-7-24-3-2-21(12)15(22)18-11-5-9(16)4-10(17)6-11/h4-6,12H,2-3,7-8H2,1H3,(H,18,22)/t12-/m0/s1. The molecule has 0 spiro atoms. The number of morpholine rings is 1. The van der Waals surface area contributed by atoms with E-state index in [-0.39, 0.29) is 19.2 Å². The Morgan fingerprint density at radius 1 is 1.40 bits per heavy atom. The Bertz CT molecular complexity index is 735. The van der Waals surface area contributed by atoms with Crippen molar-refractivity contribution < 1.29 is 18.8 Å². The van der Waals surface area contributed by atoms with E-state index in [1.807, 2.05) is 0 Å². The van der Waals surface area contributed by atoms with Gasteiger partial charge in [0.2, 0.25) is 0 Å². The quantitative estimate of drug-likeness (QED) is 0.867. The highest BCUT2D eigenvalue weighted by Crippen LogP contribution is 2.26. The molecule has 0 radical (unpaired) electrons. The van der Waals surface area contributed by atoms with Crippen LogP contribution < -0.4 is 5.32 Å². The van der Waals surface area contributed by atoms with E-state index in [0.717, 1.165) is 0 Å². The lowest BCUT2D eigenvalue weighted by atomic mass is 10.2. The van der Waals surface area contributed by atoms with Gasteiger partial charge in [-0.25, -0.2) is 4.79 Å². The number of hydrogen-bond donors (Lipinski definition) is 1. The minimum absolute atomic E-state index is 0.202. The summed E-state index contributed by atoms with van der Waals surface area (Å²) >= 11 is 11.9. The number of benzene rings is 1. The van der Waals surface area contributed by atoms with Gasteiger partial charge in [0.25, 0.3) is 5.89 Å². The third kappa shape index (κ3) is 4.40. The molecule has 1 aliphatic rings. The van der Waals surface area contributed by atoms with Gasteiger partial charge in [-0.2, -0.15) is 4.98 Å². The third-order valence-electron chi connectivity index (χ3n) is 3.55. The molecule has 0 saturated carbocycles. The van der Waals surface area contributed by atoms with Gasteiger partial charge < -0.3 is 24.2 Å². The van der Waals surface area contributed by atoms with Gasteiger partial charge in [0, 0.05) is 29.4 Å². The summed E-state index contributed by atoms with van der Waals surface area (Å²) in [7, 11) is 1.53. The molecule has 1 saturated heterocycles. The molecule has 2 heterocycles. The molecular weight excluding hydrogens is 371 g/mol. The molecule has 1 atom stereocenters. The summed E-state index contributed by atoms with van der Waals surface area (Å²) in [5, 5.41) is 7.56. The lowest BCUT2D eigenvalue weighted by Gasteiger charge is -2.33. The normalized spacial score (nSPS) is 17.6. The highest BCUT2D eigenvalue weighted by molar-refractivity contribution is 6.35. The van der Waals surface area contributed by atoms with Crippen molar-refractivity contribution in [2.45, 2.75) is 12.6 Å². The van der Waals surface area contributed by atoms with Gasteiger partial charge in [-0.05, 0) is 18.2 Å². The molecule has 0 bridgehead atoms. The zero-order valence-corrected chi connectivity index (χ0v) is 14.9. The van der Waals surface area contributed by atoms with Gasteiger partial charge in [-0.1, -0.05) is 28.4 Å². The van der Waals surface area contributed by atoms with Crippen molar-refractivity contribution in [3.8, 4) is 0 Å². The van der Waals surface area contributed by atoms with Crippen LogP contribution in [0, 0.1) is 0 Å². The van der Waals surface area contributed by atoms with Crippen LogP contribution in [0.1, 0.15) is 17.8 Å². The van der Waals surface area contributed by atoms with Gasteiger partial charge >= 0.3 is 6.03 Å². The molecule has 0 aliphatic carbocycles. The molecule has 8 nitrogen and oxygen atoms in total. The molecule has 0 unspecified atom stereocenters. The Balaban J connectivity index is 1.76. The van der Waals surface area contributed by atoms with Crippen molar-refractivity contribution in [1.82, 2.24) is 15.0 Å². The largest absolute Gasteiger partial charge is 0.377 e. The first-order chi connectivity index (χ1) is 12.1. The monoisotopic (exact) mass is 386 g/mol. The highest BCUT2D eigenvalue weighted by atomic mass is 35.5. The van der Waals surface area contributed by atoms with Gasteiger partial charge in [0.05, 0.1) is 13.2 Å². The van der Waals surface area contributed by atoms with Gasteiger partial charge in [-0.15, -0.1) is 0 Å². The van der Waals surface area contributed by atoms with Crippen LogP contribution >= 0.6 is 23.2 Å². The maximum Gasteiger partial charge on any atom is 0.322 e. The van der Waals surface area contributed by atoms with E-state index < -0.39 is 6.04 Å². The minimum atomic E-state index is -0.460. The minimum Gasteiger partial charge on any atom is -0.377 e. The van der Waals surface area contributed by atoms with Crippen molar-refractivity contribution in [1.29, 1.82) is 0 Å². The van der Waals surface area contributed by atoms with E-state index in [2.05, 4.69) is 15.5 Å². The fourth-order valence-electron chi connectivity index (χ4n) is 2.47. The van der Waals surface area contributed by atoms with Crippen molar-refractivity contribution >= 4 is 34.9 Å². The molecule has 3 rings (SSSR count). The molecule has 1 N–H and O–H groups in total. The molecule has 2 aromatic rings. The summed E-state index contributed by atoms with van der Waals surface area (Å²) in [4.78, 5) is 18.5. The number of aromatic nitrogens is 2. The lowest BCUT2D eigenvalue weighted by molar-refractivity contribution is 0.0110. The number of halogens is 2. The summed E-state index contributed by atoms with van der Waals surface area (Å²) in [5.74, 6) is 0.705. The predicted molar refractivity (Wildman–Crippen MR) is 90.8 cm³/mol. The Morgan fingerprint density at radius 3 is 2.88 bits per heavy atom. The van der Waals surface area contributed by atoms with Crippen LogP contribution in [0.15, 0.2) is 22.7 Å². The molecule has 1 fully saturated rings. The molecule has 134 valence electrons. The van der Waals surface area contributed by atoms with Crippen LogP contribution in [0.3, 0.4) is 0 Å². The van der Waals surface area contributed by atoms with Gasteiger partial charge in [0.1, 0.15) is 12.6 Å². The summed E-state index contributed by atoms with van der Waals surface area (Å²) < 4.78 is 15.5. The number of amides is 2. The molecule has 2 amide bonds. The lowest BCUT2D eigenvalue weighted by Crippen LogP contribution is -2.45. The number of nitrogens with one attached hydrogen (secondary N) is 1. The second kappa shape index (κ2) is 8.01. The van der Waals surface area contributed by atoms with Crippen LogP contribution in [0.4, 0.5) is 10.5 Å². The second-order valence-corrected chi connectivity index (χ2v) is 6.22. The number of carbonyl (C=O) groups is 1. The molecule has 25 heavy (non-hydrogen) atoms. The zero-order chi connectivity index (χ0) is 17.8. The number of ether oxygens (including phenoxy) is 2. The Labute approximate surface area is 154 Å². The number of urea groups is 1. The molecule has 1 aromatic heterocycles. The molecule has 1 aromatic carbocycles. The van der Waals surface area contributed by atoms with Crippen LogP contribution in [0.25, 0.3) is 0 Å². The first-order valence-electron chi connectivity index (χ1n) is 7.49. The average Bonchev–Trinajstić information content (AvgIpc) is 3.03. The summed E-state index contributed by atoms with van der Waals surface area (Å²) in [6, 6.07) is 4.03. The Morgan fingerprint density at radius 2 is 2.16 bits per heavy atom. The summed E-state index contributed by atoms with van der Waals surface area (Å²) in [5.41, 5.74) is 0.501. The third-order valence-corrected chi connectivity index (χ3v) is 3.99. The topological polar surface area (TPSA) is 89.7 Å². The van der Waals surface area contributed by atoms with Crippen molar-refractivity contribution in [3.63, 3.8) is 0 Å². The van der Waals surface area contributed by atoms with Crippen molar-refractivity contribution in [2.24, 2.45) is 0 Å². The van der Waals surface area contributed by atoms with E-state index in [4.69, 9.17) is 37.2 Å². The molecule has 10 heteroatoms. The zero-order valence-electron chi connectivity index (χ0n) is 13.4. The van der Waals surface area contributed by atoms with E-state index in [0.29, 0.717) is 40.6 Å². The first kappa shape index (κ1) is 17.9. The maximum atomic E-state index is 12.7. The smallest absolute Gasteiger partial charge is 0.322 e. The maximum absolute atomic E-state index is 12.7. The predicted octanol–water partition coefficient (Wildman–Crippen LogP) is 3.13. The van der Waals surface area contributed by atoms with Crippen molar-refractivity contribution in [3.05, 3.63) is 40.0 Å². The Kier molecular flexibility index (Phi) is 5.74. The van der Waals surface area contributed by atoms with Crippen LogP contribution in [-0.2, 0) is 16.1 Å². The number of carbonyl (C=O) groups excluding carboxylic acids is 1. The number of methoxy groups -OCH3 is 1. The molecule has 1 aliphatic heterocycles. The first-order valence-corrected chi connectivity index (χ1v) is 8.25. The van der Waals surface area contributed by atoms with E-state index in [1.165, 1.54) is 7.11 Å². The number of rotatable bonds is 4. The van der Waals surface area contributed by atoms with Crippen LogP contribution in [0.2, 0.25) is 10.0 Å². The van der Waals surface area contributed by atoms with Gasteiger partial charge in [0.15, 0.2) is 5.82 Å². The number of anilines is 1. The molecular formula is C15H16Cl2N4O4. The Hall–Kier alpha value is -1.87. The van der Waals surface area contributed by atoms with Crippen LogP contribution in [0.5, 0.6) is 0 Å². The highest BCUT2D eigenvalue weighted by Gasteiger charge is 2.32. The number of nitrogens with zero attached hydrogens (tertiary/aromatic N) is 3. The van der Waals surface area contributed by atoms with E-state index in [9.17, 15) is 4.79 Å². The SMILES string of the molecule is COCc1nc([C@@H]2COCCN2C(=O)Nc2cc(Cl)cc(Cl)c2)no1. The van der Waals surface area contributed by atoms with Gasteiger partial charge in [-0.3, -0.25) is 0 Å². The average molecular weight is 387 g/mol. The second-order valence-electron chi connectivity index (χ2n) is 5.35. The summed E-state index contributed by atoms with van der Waals surface area (Å²) in [6.45, 7) is 1.28. The fraction of sp³-hybridized carbons (Fsp3) is 0.400. The van der Waals surface area contributed by atoms with E-state index in [1.54, 1.807) is 23.1 Å². The van der Waals surface area contributed by atoms with Crippen molar-refractivity contribution in [2.75, 3.05) is 32.2 Å². The number of hydrogen-bond acceptors (Lipinski definition) is 6. The van der Waals surface area contributed by atoms with E-state index >= 15 is 0 Å². The summed E-state index contributed by atoms with van der Waals surface area (Å²) in [6.07, 6.45) is 0. The van der Waals surface area contributed by atoms with Crippen LogP contribution in [-0.4, -0.2) is 47.9 Å². The fourth-order valence-corrected chi connectivity index (χ4v) is 2.99.